The summed E-state index contributed by atoms with van der Waals surface area (Å²) in [7, 11) is 0. The van der Waals surface area contributed by atoms with Crippen molar-refractivity contribution in [2.45, 2.75) is 6.04 Å². The quantitative estimate of drug-likeness (QED) is 0.181. The van der Waals surface area contributed by atoms with E-state index in [2.05, 4.69) is 192 Å². The van der Waals surface area contributed by atoms with E-state index < -0.39 is 0 Å². The lowest BCUT2D eigenvalue weighted by Gasteiger charge is -2.28. The molecule has 0 radical (unpaired) electrons. The Bertz CT molecular complexity index is 2760. The Labute approximate surface area is 314 Å². The molecule has 2 heterocycles. The normalized spacial score (nSPS) is 14.9. The predicted octanol–water partition coefficient (Wildman–Crippen LogP) is 12.8. The second-order valence-corrected chi connectivity index (χ2v) is 13.6. The number of hydrogen-bond donors (Lipinski definition) is 1. The van der Waals surface area contributed by atoms with Gasteiger partial charge < -0.3 is 14.6 Å². The Morgan fingerprint density at radius 3 is 1.89 bits per heavy atom. The van der Waals surface area contributed by atoms with Crippen LogP contribution in [0.2, 0.25) is 0 Å². The molecular formula is C50H35N3O. The van der Waals surface area contributed by atoms with Crippen LogP contribution >= 0.6 is 0 Å². The van der Waals surface area contributed by atoms with E-state index in [1.54, 1.807) is 0 Å². The van der Waals surface area contributed by atoms with Crippen LogP contribution in [0.15, 0.2) is 210 Å². The van der Waals surface area contributed by atoms with Crippen molar-refractivity contribution in [1.29, 1.82) is 0 Å². The van der Waals surface area contributed by atoms with Gasteiger partial charge in [0.15, 0.2) is 5.58 Å². The SMILES string of the molecule is C1=CC2=NC(c3ccccc3)=C(c3ccc(-c4ccc(N(c5ccccc5)c5ccc(-c6ccccc6)cc5)c5oc6ccccc6c45)cc3)NC2C=C1. The molecule has 8 aromatic rings. The first kappa shape index (κ1) is 31.6. The summed E-state index contributed by atoms with van der Waals surface area (Å²) in [6.45, 7) is 0. The molecule has 1 N–H and O–H groups in total. The Morgan fingerprint density at radius 1 is 0.519 bits per heavy atom. The van der Waals surface area contributed by atoms with Crippen LogP contribution < -0.4 is 10.2 Å². The lowest BCUT2D eigenvalue weighted by Crippen LogP contribution is -2.37. The number of nitrogens with one attached hydrogen (secondary N) is 1. The number of furan rings is 1. The number of anilines is 3. The zero-order chi connectivity index (χ0) is 35.8. The molecule has 0 bridgehead atoms. The minimum atomic E-state index is 0.0312. The molecule has 4 nitrogen and oxygen atoms in total. The van der Waals surface area contributed by atoms with Crippen molar-refractivity contribution in [2.75, 3.05) is 4.90 Å². The lowest BCUT2D eigenvalue weighted by atomic mass is 9.95. The fourth-order valence-electron chi connectivity index (χ4n) is 7.68. The average molecular weight is 694 g/mol. The summed E-state index contributed by atoms with van der Waals surface area (Å²) < 4.78 is 6.81. The lowest BCUT2D eigenvalue weighted by molar-refractivity contribution is 0.669. The van der Waals surface area contributed by atoms with Crippen LogP contribution in [0.25, 0.3) is 55.6 Å². The summed E-state index contributed by atoms with van der Waals surface area (Å²) in [6.07, 6.45) is 8.37. The van der Waals surface area contributed by atoms with Crippen LogP contribution in [-0.4, -0.2) is 11.8 Å². The fourth-order valence-corrected chi connectivity index (χ4v) is 7.68. The van der Waals surface area contributed by atoms with Crippen molar-refractivity contribution >= 4 is 56.1 Å². The summed E-state index contributed by atoms with van der Waals surface area (Å²) >= 11 is 0. The van der Waals surface area contributed by atoms with Crippen molar-refractivity contribution in [3.8, 4) is 22.3 Å². The number of allylic oxidation sites excluding steroid dienone is 2. The highest BCUT2D eigenvalue weighted by Gasteiger charge is 2.25. The molecule has 54 heavy (non-hydrogen) atoms. The molecule has 0 saturated heterocycles. The highest BCUT2D eigenvalue weighted by Crippen LogP contribution is 2.46. The Morgan fingerprint density at radius 2 is 1.13 bits per heavy atom. The van der Waals surface area contributed by atoms with Gasteiger partial charge in [-0.3, -0.25) is 0 Å². The molecule has 0 spiro atoms. The zero-order valence-corrected chi connectivity index (χ0v) is 29.4. The number of benzene rings is 7. The van der Waals surface area contributed by atoms with Crippen molar-refractivity contribution in [3.63, 3.8) is 0 Å². The van der Waals surface area contributed by atoms with Crippen molar-refractivity contribution < 1.29 is 4.42 Å². The molecule has 4 heteroatoms. The monoisotopic (exact) mass is 693 g/mol. The minimum Gasteiger partial charge on any atom is -0.454 e. The molecule has 1 aromatic heterocycles. The van der Waals surface area contributed by atoms with Gasteiger partial charge in [0.05, 0.1) is 28.8 Å². The van der Waals surface area contributed by atoms with Gasteiger partial charge in [-0.05, 0) is 70.3 Å². The summed E-state index contributed by atoms with van der Waals surface area (Å²) in [5.74, 6) is 0. The Balaban J connectivity index is 1.10. The Kier molecular flexibility index (Phi) is 7.85. The largest absolute Gasteiger partial charge is 0.454 e. The minimum absolute atomic E-state index is 0.0312. The standard InChI is InChI=1S/C50H35N3O/c1-4-14-34(15-5-1)35-28-30-40(31-29-35)53(39-18-8-3-9-19-39)45-33-32-41(47-42-20-10-13-23-46(42)54-50(45)47)36-24-26-38(27-25-36)49-48(37-16-6-2-7-17-37)51-43-21-11-12-22-44(43)52-49/h1-33,44,52H. The van der Waals surface area contributed by atoms with Crippen LogP contribution in [-0.2, 0) is 0 Å². The van der Waals surface area contributed by atoms with E-state index >= 15 is 0 Å². The first-order valence-electron chi connectivity index (χ1n) is 18.3. The number of nitrogens with zero attached hydrogens (tertiary/aromatic N) is 2. The molecule has 1 aliphatic carbocycles. The fraction of sp³-hybridized carbons (Fsp3) is 0.0200. The number of hydrogen-bond acceptors (Lipinski definition) is 4. The molecule has 1 atom stereocenters. The van der Waals surface area contributed by atoms with Gasteiger partial charge in [-0.25, -0.2) is 4.99 Å². The van der Waals surface area contributed by atoms with Crippen LogP contribution in [0.3, 0.4) is 0 Å². The Hall–Kier alpha value is -7.17. The molecule has 7 aromatic carbocycles. The van der Waals surface area contributed by atoms with Crippen LogP contribution in [0, 0.1) is 0 Å². The van der Waals surface area contributed by atoms with Gasteiger partial charge in [-0.2, -0.15) is 0 Å². The van der Waals surface area contributed by atoms with E-state index in [0.29, 0.717) is 0 Å². The number of fused-ring (bicyclic) bond motifs is 4. The van der Waals surface area contributed by atoms with E-state index in [0.717, 1.165) is 78.4 Å². The van der Waals surface area contributed by atoms with Crippen molar-refractivity contribution in [2.24, 2.45) is 4.99 Å². The smallest absolute Gasteiger partial charge is 0.160 e. The highest BCUT2D eigenvalue weighted by atomic mass is 16.3. The molecule has 256 valence electrons. The van der Waals surface area contributed by atoms with Crippen molar-refractivity contribution in [3.05, 3.63) is 211 Å². The van der Waals surface area contributed by atoms with Gasteiger partial charge in [-0.15, -0.1) is 0 Å². The molecule has 0 fully saturated rings. The predicted molar refractivity (Wildman–Crippen MR) is 225 cm³/mol. The summed E-state index contributed by atoms with van der Waals surface area (Å²) in [4.78, 5) is 7.45. The first-order chi connectivity index (χ1) is 26.8. The van der Waals surface area contributed by atoms with E-state index in [4.69, 9.17) is 9.41 Å². The number of para-hydroxylation sites is 2. The number of rotatable bonds is 7. The zero-order valence-electron chi connectivity index (χ0n) is 29.4. The summed E-state index contributed by atoms with van der Waals surface area (Å²) in [5.41, 5.74) is 14.5. The molecule has 0 saturated carbocycles. The van der Waals surface area contributed by atoms with Gasteiger partial charge >= 0.3 is 0 Å². The topological polar surface area (TPSA) is 40.8 Å². The van der Waals surface area contributed by atoms with Gasteiger partial charge in [0.25, 0.3) is 0 Å². The maximum atomic E-state index is 6.81. The summed E-state index contributed by atoms with van der Waals surface area (Å²) in [6, 6.07) is 61.9. The van der Waals surface area contributed by atoms with Gasteiger partial charge in [-0.1, -0.05) is 158 Å². The third kappa shape index (κ3) is 5.62. The molecule has 10 rings (SSSR count). The van der Waals surface area contributed by atoms with Gasteiger partial charge in [0.1, 0.15) is 5.58 Å². The van der Waals surface area contributed by atoms with Crippen LogP contribution in [0.1, 0.15) is 11.1 Å². The highest BCUT2D eigenvalue weighted by molar-refractivity contribution is 6.17. The average Bonchev–Trinajstić information content (AvgIpc) is 3.65. The second kappa shape index (κ2) is 13.4. The van der Waals surface area contributed by atoms with Gasteiger partial charge in [0.2, 0.25) is 0 Å². The molecule has 2 aliphatic rings. The summed E-state index contributed by atoms with van der Waals surface area (Å²) in [5, 5.41) is 5.96. The molecular weight excluding hydrogens is 659 g/mol. The number of aliphatic imine (C=N–C) groups is 1. The van der Waals surface area contributed by atoms with E-state index in [1.165, 1.54) is 11.1 Å². The first-order valence-corrected chi connectivity index (χ1v) is 18.3. The van der Waals surface area contributed by atoms with E-state index in [1.807, 2.05) is 18.2 Å². The van der Waals surface area contributed by atoms with Crippen LogP contribution in [0.4, 0.5) is 17.1 Å². The van der Waals surface area contributed by atoms with E-state index in [9.17, 15) is 0 Å². The third-order valence-corrected chi connectivity index (χ3v) is 10.3. The molecule has 1 aliphatic heterocycles. The second-order valence-electron chi connectivity index (χ2n) is 13.6. The van der Waals surface area contributed by atoms with Crippen LogP contribution in [0.5, 0.6) is 0 Å². The molecule has 1 unspecified atom stereocenters. The van der Waals surface area contributed by atoms with Crippen molar-refractivity contribution in [1.82, 2.24) is 5.32 Å². The maximum absolute atomic E-state index is 6.81. The molecule has 0 amide bonds. The van der Waals surface area contributed by atoms with Gasteiger partial charge in [0, 0.05) is 27.7 Å². The van der Waals surface area contributed by atoms with E-state index in [-0.39, 0.29) is 6.04 Å². The maximum Gasteiger partial charge on any atom is 0.160 e. The third-order valence-electron chi connectivity index (χ3n) is 10.3.